The third-order valence-electron chi connectivity index (χ3n) is 6.90. The molecule has 7 nitrogen and oxygen atoms in total. The van der Waals surface area contributed by atoms with E-state index in [2.05, 4.69) is 5.32 Å². The van der Waals surface area contributed by atoms with E-state index in [1.165, 1.54) is 9.21 Å². The Morgan fingerprint density at radius 2 is 1.54 bits per heavy atom. The summed E-state index contributed by atoms with van der Waals surface area (Å²) in [5.41, 5.74) is 4.94. The minimum absolute atomic E-state index is 0.0998. The van der Waals surface area contributed by atoms with Crippen LogP contribution >= 0.6 is 0 Å². The van der Waals surface area contributed by atoms with Crippen molar-refractivity contribution in [3.63, 3.8) is 0 Å². The molecule has 0 saturated heterocycles. The van der Waals surface area contributed by atoms with Crippen LogP contribution in [0.4, 0.5) is 5.69 Å². The summed E-state index contributed by atoms with van der Waals surface area (Å²) in [6.07, 6.45) is 0.386. The number of hydrogen-bond donors (Lipinski definition) is 1. The predicted octanol–water partition coefficient (Wildman–Crippen LogP) is 5.06. The number of hydrogen-bond acceptors (Lipinski definition) is 4. The molecule has 0 heterocycles. The molecule has 0 fully saturated rings. The minimum Gasteiger partial charge on any atom is -0.355 e. The summed E-state index contributed by atoms with van der Waals surface area (Å²) in [4.78, 5) is 28.7. The summed E-state index contributed by atoms with van der Waals surface area (Å²) in [7, 11) is -4.10. The van der Waals surface area contributed by atoms with Gasteiger partial charge in [-0.25, -0.2) is 8.42 Å². The van der Waals surface area contributed by atoms with E-state index >= 15 is 0 Å². The maximum Gasteiger partial charge on any atom is 0.264 e. The SMILES string of the molecule is CCNC(=O)C(CC)N(Cc1cccc(C)c1)C(=O)CN(c1cccc(C)c1C)S(=O)(=O)c1ccc(C)cc1. The highest BCUT2D eigenvalue weighted by atomic mass is 32.2. The normalized spacial score (nSPS) is 12.1. The van der Waals surface area contributed by atoms with Crippen LogP contribution in [0.3, 0.4) is 0 Å². The second-order valence-corrected chi connectivity index (χ2v) is 11.7. The average Bonchev–Trinajstić information content (AvgIpc) is 2.89. The van der Waals surface area contributed by atoms with E-state index in [4.69, 9.17) is 0 Å². The van der Waals surface area contributed by atoms with Crippen LogP contribution in [0.1, 0.15) is 48.1 Å². The molecule has 3 rings (SSSR count). The van der Waals surface area contributed by atoms with Crippen LogP contribution in [0.5, 0.6) is 0 Å². The molecule has 2 amide bonds. The Balaban J connectivity index is 2.11. The van der Waals surface area contributed by atoms with Crippen LogP contribution in [0.2, 0.25) is 0 Å². The van der Waals surface area contributed by atoms with Gasteiger partial charge in [0.1, 0.15) is 12.6 Å². The van der Waals surface area contributed by atoms with Gasteiger partial charge in [0.05, 0.1) is 10.6 Å². The van der Waals surface area contributed by atoms with Crippen molar-refractivity contribution in [2.24, 2.45) is 0 Å². The lowest BCUT2D eigenvalue weighted by Gasteiger charge is -2.33. The van der Waals surface area contributed by atoms with Gasteiger partial charge in [0.15, 0.2) is 0 Å². The quantitative estimate of drug-likeness (QED) is 0.362. The van der Waals surface area contributed by atoms with Crippen molar-refractivity contribution in [1.29, 1.82) is 0 Å². The van der Waals surface area contributed by atoms with E-state index in [1.54, 1.807) is 36.4 Å². The number of aryl methyl sites for hydroxylation is 3. The van der Waals surface area contributed by atoms with Gasteiger partial charge in [-0.05, 0) is 75.9 Å². The van der Waals surface area contributed by atoms with E-state index in [1.807, 2.05) is 71.9 Å². The third kappa shape index (κ3) is 7.06. The van der Waals surface area contributed by atoms with Gasteiger partial charge >= 0.3 is 0 Å². The Kier molecular flexibility index (Phi) is 9.92. The van der Waals surface area contributed by atoms with Gasteiger partial charge < -0.3 is 10.2 Å². The van der Waals surface area contributed by atoms with Crippen LogP contribution in [-0.2, 0) is 26.2 Å². The summed E-state index contributed by atoms with van der Waals surface area (Å²) < 4.78 is 29.2. The van der Waals surface area contributed by atoms with Crippen LogP contribution in [0.25, 0.3) is 0 Å². The number of nitrogens with one attached hydrogen (secondary N) is 1. The molecule has 0 spiro atoms. The first kappa shape index (κ1) is 29.9. The van der Waals surface area contributed by atoms with Gasteiger partial charge in [0.2, 0.25) is 11.8 Å². The molecule has 39 heavy (non-hydrogen) atoms. The Morgan fingerprint density at radius 1 is 0.872 bits per heavy atom. The summed E-state index contributed by atoms with van der Waals surface area (Å²) in [5, 5.41) is 2.83. The van der Waals surface area contributed by atoms with Crippen molar-refractivity contribution in [2.75, 3.05) is 17.4 Å². The third-order valence-corrected chi connectivity index (χ3v) is 8.68. The molecule has 0 aliphatic carbocycles. The smallest absolute Gasteiger partial charge is 0.264 e. The van der Waals surface area contributed by atoms with Gasteiger partial charge in [-0.2, -0.15) is 0 Å². The highest BCUT2D eigenvalue weighted by Gasteiger charge is 2.34. The van der Waals surface area contributed by atoms with Gasteiger partial charge in [0, 0.05) is 13.1 Å². The first-order chi connectivity index (χ1) is 18.5. The molecule has 0 aliphatic heterocycles. The van der Waals surface area contributed by atoms with E-state index in [0.717, 1.165) is 27.8 Å². The number of likely N-dealkylation sites (N-methyl/N-ethyl adjacent to an activating group) is 1. The highest BCUT2D eigenvalue weighted by Crippen LogP contribution is 2.29. The van der Waals surface area contributed by atoms with Crippen molar-refractivity contribution in [3.05, 3.63) is 94.5 Å². The Labute approximate surface area is 232 Å². The molecular formula is C31H39N3O4S. The maximum atomic E-state index is 14.1. The Bertz CT molecular complexity index is 1420. The zero-order chi connectivity index (χ0) is 28.7. The molecule has 1 unspecified atom stereocenters. The van der Waals surface area contributed by atoms with Gasteiger partial charge in [0.25, 0.3) is 10.0 Å². The minimum atomic E-state index is -4.10. The standard InChI is InChI=1S/C31H39N3O4S/c1-7-28(31(36)32-8-2)33(20-26-13-9-11-23(4)19-26)30(35)21-34(29-14-10-12-24(5)25(29)6)39(37,38)27-17-15-22(3)16-18-27/h9-19,28H,7-8,20-21H2,1-6H3,(H,32,36). The predicted molar refractivity (Wildman–Crippen MR) is 156 cm³/mol. The fourth-order valence-electron chi connectivity index (χ4n) is 4.58. The molecule has 3 aromatic carbocycles. The Morgan fingerprint density at radius 3 is 2.15 bits per heavy atom. The van der Waals surface area contributed by atoms with Crippen LogP contribution < -0.4 is 9.62 Å². The molecule has 1 atom stereocenters. The number of nitrogens with zero attached hydrogens (tertiary/aromatic N) is 2. The van der Waals surface area contributed by atoms with Crippen LogP contribution in [-0.4, -0.2) is 44.3 Å². The molecular weight excluding hydrogens is 510 g/mol. The van der Waals surface area contributed by atoms with Crippen molar-refractivity contribution < 1.29 is 18.0 Å². The molecule has 3 aromatic rings. The number of anilines is 1. The number of carbonyl (C=O) groups excluding carboxylic acids is 2. The average molecular weight is 550 g/mol. The van der Waals surface area contributed by atoms with Crippen molar-refractivity contribution in [1.82, 2.24) is 10.2 Å². The summed E-state index contributed by atoms with van der Waals surface area (Å²) in [6, 6.07) is 19.0. The van der Waals surface area contributed by atoms with E-state index < -0.39 is 28.5 Å². The largest absolute Gasteiger partial charge is 0.355 e. The highest BCUT2D eigenvalue weighted by molar-refractivity contribution is 7.92. The van der Waals surface area contributed by atoms with Crippen molar-refractivity contribution in [3.8, 4) is 0 Å². The summed E-state index contributed by atoms with van der Waals surface area (Å²) in [5.74, 6) is -0.716. The van der Waals surface area contributed by atoms with Crippen LogP contribution in [0.15, 0.2) is 71.6 Å². The molecule has 0 bridgehead atoms. The lowest BCUT2D eigenvalue weighted by molar-refractivity contribution is -0.140. The second kappa shape index (κ2) is 12.9. The topological polar surface area (TPSA) is 86.8 Å². The van der Waals surface area contributed by atoms with Crippen LogP contribution in [0, 0.1) is 27.7 Å². The monoisotopic (exact) mass is 549 g/mol. The maximum absolute atomic E-state index is 14.1. The van der Waals surface area contributed by atoms with E-state index in [0.29, 0.717) is 18.7 Å². The second-order valence-electron chi connectivity index (χ2n) is 9.87. The zero-order valence-electron chi connectivity index (χ0n) is 23.7. The van der Waals surface area contributed by atoms with E-state index in [-0.39, 0.29) is 17.3 Å². The number of carbonyl (C=O) groups is 2. The molecule has 8 heteroatoms. The van der Waals surface area contributed by atoms with E-state index in [9.17, 15) is 18.0 Å². The number of amides is 2. The van der Waals surface area contributed by atoms with Gasteiger partial charge in [-0.3, -0.25) is 13.9 Å². The van der Waals surface area contributed by atoms with Crippen molar-refractivity contribution >= 4 is 27.5 Å². The fourth-order valence-corrected chi connectivity index (χ4v) is 6.05. The Hall–Kier alpha value is -3.65. The summed E-state index contributed by atoms with van der Waals surface area (Å²) in [6.45, 7) is 11.5. The fraction of sp³-hybridized carbons (Fsp3) is 0.355. The lowest BCUT2D eigenvalue weighted by atomic mass is 10.1. The molecule has 0 radical (unpaired) electrons. The molecule has 1 N–H and O–H groups in total. The first-order valence-electron chi connectivity index (χ1n) is 13.3. The molecule has 0 aromatic heterocycles. The zero-order valence-corrected chi connectivity index (χ0v) is 24.5. The lowest BCUT2D eigenvalue weighted by Crippen LogP contribution is -2.52. The van der Waals surface area contributed by atoms with Crippen molar-refractivity contribution in [2.45, 2.75) is 65.4 Å². The first-order valence-corrected chi connectivity index (χ1v) is 14.7. The molecule has 0 aliphatic rings. The summed E-state index contributed by atoms with van der Waals surface area (Å²) >= 11 is 0. The van der Waals surface area contributed by atoms with Gasteiger partial charge in [-0.15, -0.1) is 0 Å². The number of rotatable bonds is 11. The number of sulfonamides is 1. The van der Waals surface area contributed by atoms with Gasteiger partial charge in [-0.1, -0.05) is 66.6 Å². The number of benzene rings is 3. The molecule has 0 saturated carbocycles. The molecule has 208 valence electrons.